The number of benzene rings is 1. The number of nitrogens with zero attached hydrogens (tertiary/aromatic N) is 1. The number of carbonyl (C=O) groups is 3. The van der Waals surface area contributed by atoms with Gasteiger partial charge < -0.3 is 4.74 Å². The molecular weight excluding hydrogens is 298 g/mol. The maximum Gasteiger partial charge on any atom is 0.421 e. The van der Waals surface area contributed by atoms with Gasteiger partial charge in [0.2, 0.25) is 5.91 Å². The minimum absolute atomic E-state index is 0.211. The third-order valence-electron chi connectivity index (χ3n) is 3.10. The number of amides is 2. The van der Waals surface area contributed by atoms with Crippen LogP contribution in [0.1, 0.15) is 24.2 Å². The summed E-state index contributed by atoms with van der Waals surface area (Å²) in [5.74, 6) is -0.691. The second-order valence-corrected chi connectivity index (χ2v) is 12.0. The Morgan fingerprint density at radius 3 is 2.18 bits per heavy atom. The Morgan fingerprint density at radius 2 is 1.68 bits per heavy atom. The molecule has 0 aliphatic rings. The Balaban J connectivity index is 2.98. The van der Waals surface area contributed by atoms with Crippen molar-refractivity contribution in [3.63, 3.8) is 0 Å². The summed E-state index contributed by atoms with van der Waals surface area (Å²) in [6.45, 7) is 9.48. The number of hydrogen-bond acceptors (Lipinski definition) is 4. The summed E-state index contributed by atoms with van der Waals surface area (Å²) in [6, 6.07) is 7.34. The van der Waals surface area contributed by atoms with E-state index in [1.54, 1.807) is 24.3 Å². The van der Waals surface area contributed by atoms with Gasteiger partial charge in [0.25, 0.3) is 0 Å². The van der Waals surface area contributed by atoms with Crippen LogP contribution in [0.4, 0.5) is 10.5 Å². The van der Waals surface area contributed by atoms with Gasteiger partial charge in [0, 0.05) is 20.6 Å². The van der Waals surface area contributed by atoms with E-state index in [-0.39, 0.29) is 18.1 Å². The Morgan fingerprint density at radius 1 is 1.09 bits per heavy atom. The molecule has 5 nitrogen and oxygen atoms in total. The summed E-state index contributed by atoms with van der Waals surface area (Å²) in [6.07, 6.45) is -0.737. The zero-order valence-electron chi connectivity index (χ0n) is 13.8. The number of imide groups is 1. The largest absolute Gasteiger partial charge is 0.449 e. The van der Waals surface area contributed by atoms with Gasteiger partial charge in [-0.1, -0.05) is 31.8 Å². The van der Waals surface area contributed by atoms with Crippen molar-refractivity contribution in [3.8, 4) is 0 Å². The molecule has 0 radical (unpaired) electrons. The fourth-order valence-electron chi connectivity index (χ4n) is 1.87. The van der Waals surface area contributed by atoms with Crippen LogP contribution in [0.3, 0.4) is 0 Å². The summed E-state index contributed by atoms with van der Waals surface area (Å²) in [5, 5.41) is 0. The third-order valence-corrected chi connectivity index (χ3v) is 4.80. The van der Waals surface area contributed by atoms with E-state index >= 15 is 0 Å². The Labute approximate surface area is 132 Å². The van der Waals surface area contributed by atoms with Gasteiger partial charge in [0.15, 0.2) is 5.78 Å². The Hall–Kier alpha value is -1.95. The average Bonchev–Trinajstić information content (AvgIpc) is 2.37. The standard InChI is InChI=1S/C16H23NO4Si/c1-12(18)14-8-6-7-9-15(14)17(13(2)19)16(20)21-10-11-22(3,4)5/h6-9H,10-11H2,1-5H3. The lowest BCUT2D eigenvalue weighted by Gasteiger charge is -2.22. The number of anilines is 1. The van der Waals surface area contributed by atoms with Gasteiger partial charge in [-0.2, -0.15) is 0 Å². The number of Topliss-reactive ketones (excluding diaryl/α,β-unsaturated/α-hetero) is 1. The van der Waals surface area contributed by atoms with E-state index in [0.29, 0.717) is 5.56 Å². The molecule has 0 bridgehead atoms. The summed E-state index contributed by atoms with van der Waals surface area (Å²) in [5.41, 5.74) is 0.584. The van der Waals surface area contributed by atoms with Crippen LogP contribution >= 0.6 is 0 Å². The van der Waals surface area contributed by atoms with Crippen LogP contribution < -0.4 is 4.90 Å². The highest BCUT2D eigenvalue weighted by atomic mass is 28.3. The summed E-state index contributed by atoms with van der Waals surface area (Å²) >= 11 is 0. The van der Waals surface area contributed by atoms with E-state index in [1.807, 2.05) is 0 Å². The quantitative estimate of drug-likeness (QED) is 0.612. The SMILES string of the molecule is CC(=O)c1ccccc1N(C(C)=O)C(=O)OCC[Si](C)(C)C. The molecular formula is C16H23NO4Si. The Bertz CT molecular complexity index is 578. The lowest BCUT2D eigenvalue weighted by atomic mass is 10.1. The third kappa shape index (κ3) is 5.11. The predicted molar refractivity (Wildman–Crippen MR) is 89.1 cm³/mol. The molecule has 6 heteroatoms. The number of carbonyl (C=O) groups excluding carboxylic acids is 3. The van der Waals surface area contributed by atoms with Crippen LogP contribution in [0.25, 0.3) is 0 Å². The zero-order chi connectivity index (χ0) is 16.9. The number of rotatable bonds is 5. The molecule has 0 aliphatic heterocycles. The fourth-order valence-corrected chi connectivity index (χ4v) is 2.59. The van der Waals surface area contributed by atoms with Gasteiger partial charge in [-0.3, -0.25) is 9.59 Å². The number of ketones is 1. The predicted octanol–water partition coefficient (Wildman–Crippen LogP) is 3.72. The van der Waals surface area contributed by atoms with Gasteiger partial charge in [-0.15, -0.1) is 0 Å². The minimum Gasteiger partial charge on any atom is -0.449 e. The van der Waals surface area contributed by atoms with Crippen molar-refractivity contribution in [1.82, 2.24) is 0 Å². The maximum absolute atomic E-state index is 12.2. The molecule has 1 aromatic carbocycles. The first kappa shape index (κ1) is 18.1. The molecule has 2 amide bonds. The van der Waals surface area contributed by atoms with Gasteiger partial charge in [-0.25, -0.2) is 9.69 Å². The average molecular weight is 321 g/mol. The Kier molecular flexibility index (Phi) is 6.05. The summed E-state index contributed by atoms with van der Waals surface area (Å²) in [7, 11) is -1.33. The van der Waals surface area contributed by atoms with Crippen molar-refractivity contribution in [2.45, 2.75) is 39.5 Å². The molecule has 0 saturated heterocycles. The number of ether oxygens (including phenoxy) is 1. The second-order valence-electron chi connectivity index (χ2n) is 6.35. The first-order valence-electron chi connectivity index (χ1n) is 7.21. The van der Waals surface area contributed by atoms with E-state index < -0.39 is 20.1 Å². The van der Waals surface area contributed by atoms with Crippen LogP contribution in [0.15, 0.2) is 24.3 Å². The van der Waals surface area contributed by atoms with Gasteiger partial charge >= 0.3 is 6.09 Å². The molecule has 22 heavy (non-hydrogen) atoms. The maximum atomic E-state index is 12.2. The molecule has 0 aliphatic carbocycles. The number of hydrogen-bond donors (Lipinski definition) is 0. The van der Waals surface area contributed by atoms with E-state index in [4.69, 9.17) is 4.74 Å². The fraction of sp³-hybridized carbons (Fsp3) is 0.438. The molecule has 0 unspecified atom stereocenters. The van der Waals surface area contributed by atoms with Crippen LogP contribution in [0.2, 0.25) is 25.7 Å². The van der Waals surface area contributed by atoms with E-state index in [9.17, 15) is 14.4 Å². The van der Waals surface area contributed by atoms with Crippen molar-refractivity contribution in [2.24, 2.45) is 0 Å². The lowest BCUT2D eigenvalue weighted by molar-refractivity contribution is -0.116. The van der Waals surface area contributed by atoms with E-state index in [2.05, 4.69) is 19.6 Å². The molecule has 0 fully saturated rings. The van der Waals surface area contributed by atoms with Crippen LogP contribution in [0, 0.1) is 0 Å². The first-order chi connectivity index (χ1) is 10.1. The molecule has 0 spiro atoms. The minimum atomic E-state index is -1.33. The van der Waals surface area contributed by atoms with Crippen LogP contribution in [-0.2, 0) is 9.53 Å². The molecule has 0 heterocycles. The first-order valence-corrected chi connectivity index (χ1v) is 10.9. The molecule has 0 atom stereocenters. The monoisotopic (exact) mass is 321 g/mol. The molecule has 120 valence electrons. The molecule has 0 aromatic heterocycles. The highest BCUT2D eigenvalue weighted by Gasteiger charge is 2.25. The highest BCUT2D eigenvalue weighted by Crippen LogP contribution is 2.22. The van der Waals surface area contributed by atoms with Gasteiger partial charge in [0.05, 0.1) is 12.3 Å². The molecule has 1 rings (SSSR count). The molecule has 0 saturated carbocycles. The topological polar surface area (TPSA) is 63.7 Å². The van der Waals surface area contributed by atoms with Crippen LogP contribution in [0.5, 0.6) is 0 Å². The smallest absolute Gasteiger partial charge is 0.421 e. The summed E-state index contributed by atoms with van der Waals surface area (Å²) in [4.78, 5) is 36.7. The zero-order valence-corrected chi connectivity index (χ0v) is 14.8. The second kappa shape index (κ2) is 7.35. The van der Waals surface area contributed by atoms with Gasteiger partial charge in [-0.05, 0) is 25.1 Å². The van der Waals surface area contributed by atoms with Crippen molar-refractivity contribution < 1.29 is 19.1 Å². The van der Waals surface area contributed by atoms with Crippen molar-refractivity contribution in [1.29, 1.82) is 0 Å². The van der Waals surface area contributed by atoms with Crippen molar-refractivity contribution >= 4 is 31.5 Å². The van der Waals surface area contributed by atoms with Crippen molar-refractivity contribution in [3.05, 3.63) is 29.8 Å². The lowest BCUT2D eigenvalue weighted by Crippen LogP contribution is -2.37. The number of para-hydroxylation sites is 1. The van der Waals surface area contributed by atoms with E-state index in [0.717, 1.165) is 10.9 Å². The molecule has 1 aromatic rings. The van der Waals surface area contributed by atoms with Crippen LogP contribution in [-0.4, -0.2) is 32.5 Å². The van der Waals surface area contributed by atoms with Gasteiger partial charge in [0.1, 0.15) is 0 Å². The molecule has 0 N–H and O–H groups in total. The normalized spacial score (nSPS) is 11.0. The van der Waals surface area contributed by atoms with Crippen molar-refractivity contribution in [2.75, 3.05) is 11.5 Å². The van der Waals surface area contributed by atoms with E-state index in [1.165, 1.54) is 13.8 Å². The summed E-state index contributed by atoms with van der Waals surface area (Å²) < 4.78 is 5.22. The highest BCUT2D eigenvalue weighted by molar-refractivity contribution is 6.76.